The number of rotatable bonds is 1. The molecular formula is C12H17NO. The smallest absolute Gasteiger partial charge is 0.221 e. The van der Waals surface area contributed by atoms with Gasteiger partial charge in [0, 0.05) is 12.6 Å². The van der Waals surface area contributed by atoms with Crippen molar-refractivity contribution in [3.63, 3.8) is 0 Å². The zero-order chi connectivity index (χ0) is 10.9. The topological polar surface area (TPSA) is 29.1 Å². The largest absolute Gasteiger partial charge is 0.326 e. The lowest BCUT2D eigenvalue weighted by molar-refractivity contribution is -0.114. The van der Waals surface area contributed by atoms with Crippen molar-refractivity contribution in [2.75, 3.05) is 5.32 Å². The Morgan fingerprint density at radius 3 is 1.86 bits per heavy atom. The van der Waals surface area contributed by atoms with Crippen molar-refractivity contribution in [2.24, 2.45) is 0 Å². The summed E-state index contributed by atoms with van der Waals surface area (Å²) in [7, 11) is 0. The molecule has 0 heterocycles. The summed E-state index contributed by atoms with van der Waals surface area (Å²) in [5, 5.41) is 2.88. The number of nitrogens with one attached hydrogen (secondary N) is 1. The van der Waals surface area contributed by atoms with Crippen LogP contribution in [0.5, 0.6) is 0 Å². The summed E-state index contributed by atoms with van der Waals surface area (Å²) in [6, 6.07) is 2.15. The normalized spacial score (nSPS) is 10.1. The van der Waals surface area contributed by atoms with Crippen LogP contribution in [0.4, 0.5) is 5.69 Å². The molecule has 0 atom stereocenters. The molecule has 1 amide bonds. The lowest BCUT2D eigenvalue weighted by atomic mass is 9.99. The number of amides is 1. The van der Waals surface area contributed by atoms with Gasteiger partial charge >= 0.3 is 0 Å². The first kappa shape index (κ1) is 10.8. The zero-order valence-corrected chi connectivity index (χ0v) is 9.49. The summed E-state index contributed by atoms with van der Waals surface area (Å²) in [4.78, 5) is 11.0. The van der Waals surface area contributed by atoms with Crippen molar-refractivity contribution in [3.05, 3.63) is 28.3 Å². The van der Waals surface area contributed by atoms with Crippen molar-refractivity contribution < 1.29 is 4.79 Å². The monoisotopic (exact) mass is 191 g/mol. The molecule has 0 unspecified atom stereocenters. The van der Waals surface area contributed by atoms with Crippen LogP contribution in [-0.4, -0.2) is 5.91 Å². The molecule has 0 aliphatic heterocycles. The third-order valence-electron chi connectivity index (χ3n) is 2.67. The Bertz CT molecular complexity index is 354. The number of carbonyl (C=O) groups is 1. The van der Waals surface area contributed by atoms with E-state index < -0.39 is 0 Å². The fraction of sp³-hybridized carbons (Fsp3) is 0.417. The van der Waals surface area contributed by atoms with E-state index in [1.165, 1.54) is 18.1 Å². The molecular weight excluding hydrogens is 174 g/mol. The van der Waals surface area contributed by atoms with Gasteiger partial charge in [0.15, 0.2) is 0 Å². The number of hydrogen-bond acceptors (Lipinski definition) is 1. The molecule has 2 nitrogen and oxygen atoms in total. The van der Waals surface area contributed by atoms with Crippen LogP contribution in [0.15, 0.2) is 6.07 Å². The van der Waals surface area contributed by atoms with E-state index in [1.807, 2.05) is 13.8 Å². The second-order valence-electron chi connectivity index (χ2n) is 3.82. The molecule has 1 N–H and O–H groups in total. The summed E-state index contributed by atoms with van der Waals surface area (Å²) in [6.07, 6.45) is 0. The molecule has 1 rings (SSSR count). The summed E-state index contributed by atoms with van der Waals surface area (Å²) in [6.45, 7) is 9.73. The average molecular weight is 191 g/mol. The highest BCUT2D eigenvalue weighted by atomic mass is 16.1. The van der Waals surface area contributed by atoms with E-state index in [0.717, 1.165) is 16.8 Å². The van der Waals surface area contributed by atoms with Crippen LogP contribution in [0.25, 0.3) is 0 Å². The number of benzene rings is 1. The van der Waals surface area contributed by atoms with Crippen molar-refractivity contribution in [3.8, 4) is 0 Å². The lowest BCUT2D eigenvalue weighted by Gasteiger charge is -2.15. The van der Waals surface area contributed by atoms with E-state index >= 15 is 0 Å². The van der Waals surface area contributed by atoms with E-state index in [4.69, 9.17) is 0 Å². The number of aryl methyl sites for hydroxylation is 2. The van der Waals surface area contributed by atoms with Gasteiger partial charge in [-0.15, -0.1) is 0 Å². The zero-order valence-electron chi connectivity index (χ0n) is 9.49. The third-order valence-corrected chi connectivity index (χ3v) is 2.67. The molecule has 14 heavy (non-hydrogen) atoms. The molecule has 0 bridgehead atoms. The van der Waals surface area contributed by atoms with Gasteiger partial charge < -0.3 is 5.32 Å². The number of anilines is 1. The van der Waals surface area contributed by atoms with Crippen LogP contribution >= 0.6 is 0 Å². The third kappa shape index (κ3) is 1.95. The standard InChI is InChI=1S/C12H17NO/c1-7-6-8(2)10(4)12(9(7)3)13-11(5)14/h6H,1-5H3,(H,13,14). The van der Waals surface area contributed by atoms with Crippen LogP contribution in [0.2, 0.25) is 0 Å². The van der Waals surface area contributed by atoms with Crippen LogP contribution in [-0.2, 0) is 4.79 Å². The summed E-state index contributed by atoms with van der Waals surface area (Å²) < 4.78 is 0. The van der Waals surface area contributed by atoms with E-state index in [1.54, 1.807) is 0 Å². The Hall–Kier alpha value is -1.31. The first-order valence-electron chi connectivity index (χ1n) is 4.78. The minimum absolute atomic E-state index is 0.0128. The van der Waals surface area contributed by atoms with Crippen LogP contribution < -0.4 is 5.32 Å². The van der Waals surface area contributed by atoms with Gasteiger partial charge in [-0.25, -0.2) is 0 Å². The van der Waals surface area contributed by atoms with Gasteiger partial charge in [-0.3, -0.25) is 4.79 Å². The quantitative estimate of drug-likeness (QED) is 0.726. The van der Waals surface area contributed by atoms with Crippen molar-refractivity contribution in [1.82, 2.24) is 0 Å². The minimum atomic E-state index is -0.0128. The van der Waals surface area contributed by atoms with Gasteiger partial charge in [-0.1, -0.05) is 6.07 Å². The molecule has 0 aromatic heterocycles. The van der Waals surface area contributed by atoms with E-state index in [0.29, 0.717) is 0 Å². The number of carbonyl (C=O) groups excluding carboxylic acids is 1. The Morgan fingerprint density at radius 2 is 1.50 bits per heavy atom. The predicted octanol–water partition coefficient (Wildman–Crippen LogP) is 2.88. The van der Waals surface area contributed by atoms with Gasteiger partial charge in [-0.05, 0) is 49.9 Å². The molecule has 2 heteroatoms. The Labute approximate surface area is 85.3 Å². The molecule has 0 saturated carbocycles. The Balaban J connectivity index is 3.31. The molecule has 0 saturated heterocycles. The van der Waals surface area contributed by atoms with Crippen LogP contribution in [0.3, 0.4) is 0 Å². The summed E-state index contributed by atoms with van der Waals surface area (Å²) >= 11 is 0. The summed E-state index contributed by atoms with van der Waals surface area (Å²) in [5.41, 5.74) is 5.72. The highest BCUT2D eigenvalue weighted by Crippen LogP contribution is 2.26. The SMILES string of the molecule is CC(=O)Nc1c(C)c(C)cc(C)c1C. The van der Waals surface area contributed by atoms with Gasteiger partial charge in [0.05, 0.1) is 0 Å². The molecule has 76 valence electrons. The molecule has 0 spiro atoms. The molecule has 0 aliphatic rings. The highest BCUT2D eigenvalue weighted by Gasteiger charge is 2.08. The van der Waals surface area contributed by atoms with Crippen molar-refractivity contribution in [2.45, 2.75) is 34.6 Å². The Kier molecular flexibility index (Phi) is 2.94. The molecule has 0 fully saturated rings. The van der Waals surface area contributed by atoms with Crippen LogP contribution in [0.1, 0.15) is 29.2 Å². The highest BCUT2D eigenvalue weighted by molar-refractivity contribution is 5.91. The predicted molar refractivity (Wildman–Crippen MR) is 59.7 cm³/mol. The van der Waals surface area contributed by atoms with Gasteiger partial charge in [0.25, 0.3) is 0 Å². The second kappa shape index (κ2) is 3.82. The maximum absolute atomic E-state index is 11.0. The first-order valence-corrected chi connectivity index (χ1v) is 4.78. The fourth-order valence-electron chi connectivity index (χ4n) is 1.58. The van der Waals surface area contributed by atoms with E-state index in [2.05, 4.69) is 25.2 Å². The average Bonchev–Trinajstić information content (AvgIpc) is 2.09. The minimum Gasteiger partial charge on any atom is -0.326 e. The maximum atomic E-state index is 11.0. The second-order valence-corrected chi connectivity index (χ2v) is 3.82. The molecule has 1 aromatic carbocycles. The molecule has 1 aromatic rings. The van der Waals surface area contributed by atoms with Crippen LogP contribution in [0, 0.1) is 27.7 Å². The van der Waals surface area contributed by atoms with Crippen molar-refractivity contribution in [1.29, 1.82) is 0 Å². The van der Waals surface area contributed by atoms with Gasteiger partial charge in [0.2, 0.25) is 5.91 Å². The molecule has 0 radical (unpaired) electrons. The van der Waals surface area contributed by atoms with Gasteiger partial charge in [0.1, 0.15) is 0 Å². The van der Waals surface area contributed by atoms with Gasteiger partial charge in [-0.2, -0.15) is 0 Å². The van der Waals surface area contributed by atoms with E-state index in [9.17, 15) is 4.79 Å². The number of hydrogen-bond donors (Lipinski definition) is 1. The summed E-state index contributed by atoms with van der Waals surface area (Å²) in [5.74, 6) is -0.0128. The molecule has 0 aliphatic carbocycles. The maximum Gasteiger partial charge on any atom is 0.221 e. The Morgan fingerprint density at radius 1 is 1.07 bits per heavy atom. The van der Waals surface area contributed by atoms with E-state index in [-0.39, 0.29) is 5.91 Å². The fourth-order valence-corrected chi connectivity index (χ4v) is 1.58. The lowest BCUT2D eigenvalue weighted by Crippen LogP contribution is -2.10. The first-order chi connectivity index (χ1) is 6.43. The van der Waals surface area contributed by atoms with Crippen molar-refractivity contribution >= 4 is 11.6 Å².